The van der Waals surface area contributed by atoms with Crippen molar-refractivity contribution in [2.45, 2.75) is 46.6 Å². The van der Waals surface area contributed by atoms with Gasteiger partial charge >= 0.3 is 0 Å². The summed E-state index contributed by atoms with van der Waals surface area (Å²) in [7, 11) is 1.61. The summed E-state index contributed by atoms with van der Waals surface area (Å²) >= 11 is 7.83. The fraction of sp³-hybridized carbons (Fsp3) is 0.500. The lowest BCUT2D eigenvalue weighted by Gasteiger charge is -2.14. The van der Waals surface area contributed by atoms with Crippen LogP contribution in [0.4, 0.5) is 0 Å². The number of halogens is 1. The number of benzene rings is 1. The summed E-state index contributed by atoms with van der Waals surface area (Å²) in [4.78, 5) is 10.8. The standard InChI is InChI=1S/C22H29ClN4O2S/c1-15(2)12-27-13-19(22(3,4)5)30-21(27)26-20(25-14-24)17-11-16(23)7-8-18(17)29-10-9-28-6/h7-8,11,13,15H,9-10,12H2,1-6H3/b25-20?,26-21-. The van der Waals surface area contributed by atoms with Crippen LogP contribution in [0.2, 0.25) is 5.02 Å². The maximum atomic E-state index is 9.30. The molecular formula is C22H29ClN4O2S. The number of aromatic nitrogens is 1. The molecule has 8 heteroatoms. The minimum atomic E-state index is -0.00577. The Bertz CT molecular complexity index is 994. The van der Waals surface area contributed by atoms with Crippen LogP contribution in [0.5, 0.6) is 5.75 Å². The molecule has 0 aliphatic heterocycles. The van der Waals surface area contributed by atoms with Crippen molar-refractivity contribution >= 4 is 28.8 Å². The predicted octanol–water partition coefficient (Wildman–Crippen LogP) is 5.01. The van der Waals surface area contributed by atoms with Gasteiger partial charge in [0.2, 0.25) is 6.19 Å². The molecule has 0 spiro atoms. The summed E-state index contributed by atoms with van der Waals surface area (Å²) in [5.74, 6) is 1.27. The molecular weight excluding hydrogens is 420 g/mol. The number of thiazole rings is 1. The van der Waals surface area contributed by atoms with Crippen molar-refractivity contribution in [3.8, 4) is 11.9 Å². The van der Waals surface area contributed by atoms with Crippen molar-refractivity contribution in [3.63, 3.8) is 0 Å². The molecule has 1 heterocycles. The highest BCUT2D eigenvalue weighted by Gasteiger charge is 2.19. The zero-order chi connectivity index (χ0) is 22.3. The quantitative estimate of drug-likeness (QED) is 0.258. The molecule has 0 saturated heterocycles. The van der Waals surface area contributed by atoms with Crippen LogP contribution in [-0.4, -0.2) is 30.7 Å². The first-order valence-corrected chi connectivity index (χ1v) is 11.0. The van der Waals surface area contributed by atoms with Crippen LogP contribution in [0.3, 0.4) is 0 Å². The lowest BCUT2D eigenvalue weighted by Crippen LogP contribution is -2.19. The summed E-state index contributed by atoms with van der Waals surface area (Å²) in [6, 6.07) is 5.21. The maximum Gasteiger partial charge on any atom is 0.207 e. The van der Waals surface area contributed by atoms with Crippen LogP contribution >= 0.6 is 22.9 Å². The zero-order valence-corrected chi connectivity index (χ0v) is 20.0. The highest BCUT2D eigenvalue weighted by molar-refractivity contribution is 7.09. The van der Waals surface area contributed by atoms with E-state index in [9.17, 15) is 5.26 Å². The van der Waals surface area contributed by atoms with Gasteiger partial charge in [-0.15, -0.1) is 11.3 Å². The van der Waals surface area contributed by atoms with Crippen molar-refractivity contribution in [1.82, 2.24) is 4.57 Å². The molecule has 6 nitrogen and oxygen atoms in total. The molecule has 2 aromatic rings. The van der Waals surface area contributed by atoms with E-state index in [-0.39, 0.29) is 11.3 Å². The molecule has 162 valence electrons. The second kappa shape index (κ2) is 10.8. The van der Waals surface area contributed by atoms with Gasteiger partial charge < -0.3 is 14.0 Å². The topological polar surface area (TPSA) is 71.9 Å². The van der Waals surface area contributed by atoms with Crippen molar-refractivity contribution in [3.05, 3.63) is 44.7 Å². The Hall–Kier alpha value is -2.14. The third-order valence-corrected chi connectivity index (χ3v) is 5.79. The second-order valence-corrected chi connectivity index (χ2v) is 9.75. The smallest absolute Gasteiger partial charge is 0.207 e. The monoisotopic (exact) mass is 448 g/mol. The fourth-order valence-corrected chi connectivity index (χ4v) is 3.89. The molecule has 0 amide bonds. The first-order chi connectivity index (χ1) is 14.2. The Balaban J connectivity index is 2.62. The molecule has 1 aromatic heterocycles. The number of aliphatic imine (C=N–C) groups is 1. The predicted molar refractivity (Wildman–Crippen MR) is 122 cm³/mol. The molecule has 0 N–H and O–H groups in total. The van der Waals surface area contributed by atoms with E-state index < -0.39 is 0 Å². The average molecular weight is 449 g/mol. The summed E-state index contributed by atoms with van der Waals surface area (Å²) in [6.07, 6.45) is 4.00. The molecule has 0 aliphatic carbocycles. The number of ether oxygens (including phenoxy) is 2. The Morgan fingerprint density at radius 2 is 2.03 bits per heavy atom. The number of nitriles is 1. The summed E-state index contributed by atoms with van der Waals surface area (Å²) < 4.78 is 13.0. The zero-order valence-electron chi connectivity index (χ0n) is 18.4. The lowest BCUT2D eigenvalue weighted by atomic mass is 9.95. The molecule has 0 radical (unpaired) electrons. The highest BCUT2D eigenvalue weighted by atomic mass is 35.5. The van der Waals surface area contributed by atoms with Crippen LogP contribution in [0.15, 0.2) is 34.4 Å². The van der Waals surface area contributed by atoms with E-state index in [1.807, 2.05) is 6.19 Å². The summed E-state index contributed by atoms with van der Waals surface area (Å²) in [5.41, 5.74) is 0.565. The summed E-state index contributed by atoms with van der Waals surface area (Å²) in [6.45, 7) is 12.5. The van der Waals surface area contributed by atoms with Crippen molar-refractivity contribution in [2.24, 2.45) is 15.9 Å². The fourth-order valence-electron chi connectivity index (χ4n) is 2.66. The van der Waals surface area contributed by atoms with Crippen LogP contribution in [0.25, 0.3) is 0 Å². The van der Waals surface area contributed by atoms with E-state index >= 15 is 0 Å². The molecule has 1 aromatic carbocycles. The van der Waals surface area contributed by atoms with Gasteiger partial charge in [0, 0.05) is 29.8 Å². The molecule has 0 atom stereocenters. The average Bonchev–Trinajstić information content (AvgIpc) is 3.05. The molecule has 2 rings (SSSR count). The van der Waals surface area contributed by atoms with E-state index in [1.165, 1.54) is 4.88 Å². The van der Waals surface area contributed by atoms with Gasteiger partial charge in [-0.05, 0) is 29.5 Å². The Kier molecular flexibility index (Phi) is 8.65. The van der Waals surface area contributed by atoms with Crippen LogP contribution < -0.4 is 9.54 Å². The largest absolute Gasteiger partial charge is 0.490 e. The van der Waals surface area contributed by atoms with E-state index in [4.69, 9.17) is 26.1 Å². The van der Waals surface area contributed by atoms with E-state index in [0.717, 1.165) is 11.3 Å². The van der Waals surface area contributed by atoms with Crippen molar-refractivity contribution < 1.29 is 9.47 Å². The molecule has 30 heavy (non-hydrogen) atoms. The first kappa shape index (κ1) is 24.1. The molecule has 0 fully saturated rings. The van der Waals surface area contributed by atoms with E-state index in [2.05, 4.69) is 50.4 Å². The van der Waals surface area contributed by atoms with Gasteiger partial charge in [-0.25, -0.2) is 0 Å². The minimum Gasteiger partial charge on any atom is -0.490 e. The third-order valence-electron chi connectivity index (χ3n) is 4.11. The highest BCUT2D eigenvalue weighted by Crippen LogP contribution is 2.26. The molecule has 0 bridgehead atoms. The Morgan fingerprint density at radius 1 is 1.30 bits per heavy atom. The maximum absolute atomic E-state index is 9.30. The first-order valence-electron chi connectivity index (χ1n) is 9.79. The minimum absolute atomic E-state index is 0.00577. The van der Waals surface area contributed by atoms with Crippen molar-refractivity contribution in [2.75, 3.05) is 20.3 Å². The number of rotatable bonds is 7. The SMILES string of the molecule is COCCOc1ccc(Cl)cc1C(=NC#N)/N=c1\sc(C(C)(C)C)cn1CC(C)C. The van der Waals surface area contributed by atoms with Gasteiger partial charge in [0.05, 0.1) is 12.2 Å². The van der Waals surface area contributed by atoms with Gasteiger partial charge in [-0.3, -0.25) is 0 Å². The number of amidine groups is 1. The van der Waals surface area contributed by atoms with Gasteiger partial charge in [-0.1, -0.05) is 46.2 Å². The van der Waals surface area contributed by atoms with Crippen LogP contribution in [0, 0.1) is 17.4 Å². The molecule has 0 saturated carbocycles. The Labute approximate surface area is 187 Å². The second-order valence-electron chi connectivity index (χ2n) is 8.30. The lowest BCUT2D eigenvalue weighted by molar-refractivity contribution is 0.146. The molecule has 0 aliphatic rings. The van der Waals surface area contributed by atoms with Gasteiger partial charge in [0.15, 0.2) is 10.6 Å². The number of hydrogen-bond acceptors (Lipinski definition) is 5. The number of hydrogen-bond donors (Lipinski definition) is 0. The van der Waals surface area contributed by atoms with Crippen molar-refractivity contribution in [1.29, 1.82) is 5.26 Å². The van der Waals surface area contributed by atoms with Crippen LogP contribution in [0.1, 0.15) is 45.1 Å². The number of methoxy groups -OCH3 is 1. The van der Waals surface area contributed by atoms with Gasteiger partial charge in [0.1, 0.15) is 12.4 Å². The van der Waals surface area contributed by atoms with E-state index in [0.29, 0.717) is 35.5 Å². The third kappa shape index (κ3) is 6.69. The molecule has 0 unspecified atom stereocenters. The van der Waals surface area contributed by atoms with Crippen LogP contribution in [-0.2, 0) is 16.7 Å². The normalized spacial score (nSPS) is 13.0. The summed E-state index contributed by atoms with van der Waals surface area (Å²) in [5, 5.41) is 9.82. The van der Waals surface area contributed by atoms with Gasteiger partial charge in [-0.2, -0.15) is 15.2 Å². The van der Waals surface area contributed by atoms with E-state index in [1.54, 1.807) is 36.6 Å². The number of nitrogens with zero attached hydrogens (tertiary/aromatic N) is 4. The van der Waals surface area contributed by atoms with Gasteiger partial charge in [0.25, 0.3) is 0 Å². The Morgan fingerprint density at radius 3 is 2.63 bits per heavy atom.